The van der Waals surface area contributed by atoms with Gasteiger partial charge in [0.15, 0.2) is 0 Å². The quantitative estimate of drug-likeness (QED) is 0.430. The van der Waals surface area contributed by atoms with E-state index >= 15 is 0 Å². The summed E-state index contributed by atoms with van der Waals surface area (Å²) in [7, 11) is 3.34. The zero-order valence-corrected chi connectivity index (χ0v) is 22.8. The highest BCUT2D eigenvalue weighted by Gasteiger charge is 2.55. The second-order valence-corrected chi connectivity index (χ2v) is 14.4. The standard InChI is InChI=1S/C34H38N2O2/c1-37-31-25(17-35)9-27(33-11-19-3-20(12-33)5-21(4-19)13-33)29-28(10-26(18-36)32(38-2)30(29)31)34-14-22-6-23(15-34)8-24(7-22)16-34/h9-10,19-24H,3-8,11-16H2,1-2H3. The molecule has 2 aromatic carbocycles. The van der Waals surface area contributed by atoms with E-state index in [2.05, 4.69) is 24.3 Å². The van der Waals surface area contributed by atoms with Crippen LogP contribution < -0.4 is 9.47 Å². The molecule has 0 aromatic heterocycles. The van der Waals surface area contributed by atoms with Crippen molar-refractivity contribution in [3.8, 4) is 23.6 Å². The summed E-state index contributed by atoms with van der Waals surface area (Å²) in [5.74, 6) is 6.06. The molecular formula is C34H38N2O2. The number of fused-ring (bicyclic) bond motifs is 1. The minimum atomic E-state index is 0.126. The summed E-state index contributed by atoms with van der Waals surface area (Å²) in [6.45, 7) is 0. The van der Waals surface area contributed by atoms with Crippen molar-refractivity contribution in [2.45, 2.75) is 87.9 Å². The van der Waals surface area contributed by atoms with Gasteiger partial charge in [0.05, 0.1) is 30.7 Å². The number of hydrogen-bond donors (Lipinski definition) is 0. The Morgan fingerprint density at radius 2 is 0.895 bits per heavy atom. The van der Waals surface area contributed by atoms with E-state index in [1.54, 1.807) is 14.2 Å². The highest BCUT2D eigenvalue weighted by molar-refractivity contribution is 6.03. The van der Waals surface area contributed by atoms with E-state index in [9.17, 15) is 10.5 Å². The first-order valence-electron chi connectivity index (χ1n) is 15.0. The van der Waals surface area contributed by atoms with E-state index < -0.39 is 0 Å². The number of methoxy groups -OCH3 is 2. The van der Waals surface area contributed by atoms with E-state index in [-0.39, 0.29) is 10.8 Å². The average Bonchev–Trinajstić information content (AvgIpc) is 2.89. The Hall–Kier alpha value is -2.72. The molecule has 0 atom stereocenters. The second-order valence-electron chi connectivity index (χ2n) is 14.4. The average molecular weight is 507 g/mol. The van der Waals surface area contributed by atoms with Crippen LogP contribution in [-0.4, -0.2) is 14.2 Å². The van der Waals surface area contributed by atoms with E-state index in [1.807, 2.05) is 0 Å². The lowest BCUT2D eigenvalue weighted by Crippen LogP contribution is -2.50. The fourth-order valence-electron chi connectivity index (χ4n) is 11.9. The number of nitriles is 2. The number of ether oxygens (including phenoxy) is 2. The molecule has 4 heteroatoms. The van der Waals surface area contributed by atoms with Crippen LogP contribution in [0.2, 0.25) is 0 Å². The molecule has 8 aliphatic rings. The lowest BCUT2D eigenvalue weighted by atomic mass is 9.46. The molecule has 196 valence electrons. The molecule has 8 saturated carbocycles. The maximum absolute atomic E-state index is 10.4. The summed E-state index contributed by atoms with van der Waals surface area (Å²) >= 11 is 0. The molecule has 0 saturated heterocycles. The van der Waals surface area contributed by atoms with E-state index in [4.69, 9.17) is 9.47 Å². The molecule has 0 spiro atoms. The summed E-state index contributed by atoms with van der Waals surface area (Å²) in [5, 5.41) is 22.9. The molecule has 38 heavy (non-hydrogen) atoms. The highest BCUT2D eigenvalue weighted by atomic mass is 16.5. The first-order valence-corrected chi connectivity index (χ1v) is 15.0. The Balaban J connectivity index is 1.48. The molecule has 10 rings (SSSR count). The Bertz CT molecular complexity index is 1260. The smallest absolute Gasteiger partial charge is 0.148 e. The molecule has 0 radical (unpaired) electrons. The molecule has 0 amide bonds. The monoisotopic (exact) mass is 506 g/mol. The van der Waals surface area contributed by atoms with E-state index in [1.165, 1.54) is 93.6 Å². The number of hydrogen-bond acceptors (Lipinski definition) is 4. The summed E-state index contributed by atoms with van der Waals surface area (Å²) in [6.07, 6.45) is 15.8. The highest BCUT2D eigenvalue weighted by Crippen LogP contribution is 2.66. The normalized spacial score (nSPS) is 39.8. The van der Waals surface area contributed by atoms with Crippen LogP contribution in [0.4, 0.5) is 0 Å². The molecule has 0 N–H and O–H groups in total. The fourth-order valence-corrected chi connectivity index (χ4v) is 11.9. The van der Waals surface area contributed by atoms with Gasteiger partial charge in [0.1, 0.15) is 23.6 Å². The number of nitrogens with zero attached hydrogens (tertiary/aromatic N) is 2. The molecule has 0 heterocycles. The van der Waals surface area contributed by atoms with Crippen LogP contribution in [0.15, 0.2) is 12.1 Å². The van der Waals surface area contributed by atoms with Crippen molar-refractivity contribution in [1.82, 2.24) is 0 Å². The minimum Gasteiger partial charge on any atom is -0.495 e. The van der Waals surface area contributed by atoms with Gasteiger partial charge in [-0.1, -0.05) is 0 Å². The van der Waals surface area contributed by atoms with Gasteiger partial charge in [-0.3, -0.25) is 0 Å². The van der Waals surface area contributed by atoms with Gasteiger partial charge in [-0.2, -0.15) is 10.5 Å². The van der Waals surface area contributed by atoms with Crippen LogP contribution in [0, 0.1) is 58.2 Å². The van der Waals surface area contributed by atoms with Gasteiger partial charge in [-0.15, -0.1) is 0 Å². The van der Waals surface area contributed by atoms with Crippen LogP contribution in [0.5, 0.6) is 11.5 Å². The van der Waals surface area contributed by atoms with Gasteiger partial charge >= 0.3 is 0 Å². The Morgan fingerprint density at radius 3 is 1.16 bits per heavy atom. The molecule has 4 nitrogen and oxygen atoms in total. The van der Waals surface area contributed by atoms with Crippen molar-refractivity contribution in [1.29, 1.82) is 10.5 Å². The van der Waals surface area contributed by atoms with Gasteiger partial charge in [0.2, 0.25) is 0 Å². The largest absolute Gasteiger partial charge is 0.495 e. The SMILES string of the molecule is COc1c(C#N)cc(C23CC4CC(CC(C4)C2)C3)c2c(C34CC5CC(CC(C5)C3)C4)cc(C#N)c(OC)c12. The molecule has 8 bridgehead atoms. The Morgan fingerprint density at radius 1 is 0.579 bits per heavy atom. The Labute approximate surface area is 226 Å². The summed E-state index contributed by atoms with van der Waals surface area (Å²) in [5.41, 5.74) is 4.21. The predicted molar refractivity (Wildman–Crippen MR) is 146 cm³/mol. The van der Waals surface area contributed by atoms with E-state index in [0.29, 0.717) is 22.6 Å². The first kappa shape index (κ1) is 23.2. The van der Waals surface area contributed by atoms with Gasteiger partial charge in [0, 0.05) is 0 Å². The number of benzene rings is 2. The molecular weight excluding hydrogens is 468 g/mol. The molecule has 8 aliphatic carbocycles. The number of rotatable bonds is 4. The summed E-state index contributed by atoms with van der Waals surface area (Å²) in [4.78, 5) is 0. The van der Waals surface area contributed by atoms with Gasteiger partial charge in [0.25, 0.3) is 0 Å². The van der Waals surface area contributed by atoms with E-state index in [0.717, 1.165) is 40.9 Å². The zero-order valence-electron chi connectivity index (χ0n) is 22.8. The van der Waals surface area contributed by atoms with Crippen molar-refractivity contribution in [2.75, 3.05) is 14.2 Å². The molecule has 0 unspecified atom stereocenters. The second kappa shape index (κ2) is 7.91. The van der Waals surface area contributed by atoms with Crippen molar-refractivity contribution >= 4 is 10.8 Å². The van der Waals surface area contributed by atoms with Gasteiger partial charge in [-0.25, -0.2) is 0 Å². The summed E-state index contributed by atoms with van der Waals surface area (Å²) < 4.78 is 12.1. The lowest BCUT2D eigenvalue weighted by molar-refractivity contribution is -0.00682. The first-order chi connectivity index (χ1) is 18.5. The van der Waals surface area contributed by atoms with Crippen molar-refractivity contribution in [2.24, 2.45) is 35.5 Å². The predicted octanol–water partition coefficient (Wildman–Crippen LogP) is 7.54. The van der Waals surface area contributed by atoms with Gasteiger partial charge < -0.3 is 9.47 Å². The van der Waals surface area contributed by atoms with Crippen LogP contribution in [-0.2, 0) is 10.8 Å². The van der Waals surface area contributed by atoms with Crippen LogP contribution in [0.1, 0.15) is 99.3 Å². The fraction of sp³-hybridized carbons (Fsp3) is 0.647. The molecule has 2 aromatic rings. The summed E-state index contributed by atoms with van der Waals surface area (Å²) in [6, 6.07) is 9.43. The minimum absolute atomic E-state index is 0.126. The lowest BCUT2D eigenvalue weighted by Gasteiger charge is -2.59. The molecule has 8 fully saturated rings. The van der Waals surface area contributed by atoms with Crippen molar-refractivity contribution < 1.29 is 9.47 Å². The third-order valence-corrected chi connectivity index (χ3v) is 12.2. The van der Waals surface area contributed by atoms with Gasteiger partial charge in [-0.05, 0) is 152 Å². The topological polar surface area (TPSA) is 66.0 Å². The van der Waals surface area contributed by atoms with Crippen LogP contribution >= 0.6 is 0 Å². The Kier molecular flexibility index (Phi) is 4.83. The van der Waals surface area contributed by atoms with Crippen molar-refractivity contribution in [3.63, 3.8) is 0 Å². The maximum Gasteiger partial charge on any atom is 0.148 e. The maximum atomic E-state index is 10.4. The third kappa shape index (κ3) is 3.01. The van der Waals surface area contributed by atoms with Crippen LogP contribution in [0.3, 0.4) is 0 Å². The van der Waals surface area contributed by atoms with Crippen LogP contribution in [0.25, 0.3) is 10.8 Å². The molecule has 0 aliphatic heterocycles. The third-order valence-electron chi connectivity index (χ3n) is 12.2. The zero-order chi connectivity index (χ0) is 25.8. The van der Waals surface area contributed by atoms with Crippen molar-refractivity contribution in [3.05, 3.63) is 34.4 Å².